The molecule has 0 radical (unpaired) electrons. The lowest BCUT2D eigenvalue weighted by Crippen LogP contribution is -2.40. The van der Waals surface area contributed by atoms with E-state index in [0.717, 1.165) is 6.07 Å². The number of aliphatic hydroxyl groups is 1. The number of nitrogen functional groups attached to an aromatic ring is 1. The molecule has 10 nitrogen and oxygen atoms in total. The van der Waals surface area contributed by atoms with Crippen LogP contribution in [0, 0.1) is 10.1 Å². The first-order valence-electron chi connectivity index (χ1n) is 6.76. The third-order valence-electron chi connectivity index (χ3n) is 2.92. The van der Waals surface area contributed by atoms with Crippen molar-refractivity contribution in [1.29, 1.82) is 0 Å². The van der Waals surface area contributed by atoms with Crippen molar-refractivity contribution in [2.45, 2.75) is 18.9 Å². The van der Waals surface area contributed by atoms with E-state index in [9.17, 15) is 19.7 Å². The standard InChI is InChI=1S/C13H18N4O6/c14-9-3-2-8(6-11(9)17(22)23)16-12(19)7-10(13(20)21)15-4-1-5-18/h2-3,6,10,15,18H,1,4-5,7,14H2,(H,16,19)(H,20,21). The lowest BCUT2D eigenvalue weighted by atomic mass is 10.2. The molecular weight excluding hydrogens is 308 g/mol. The minimum Gasteiger partial charge on any atom is -0.480 e. The monoisotopic (exact) mass is 326 g/mol. The molecule has 1 amide bonds. The van der Waals surface area contributed by atoms with E-state index in [2.05, 4.69) is 10.6 Å². The Morgan fingerprint density at radius 3 is 2.65 bits per heavy atom. The van der Waals surface area contributed by atoms with Crippen molar-refractivity contribution in [3.8, 4) is 0 Å². The molecule has 0 bridgehead atoms. The van der Waals surface area contributed by atoms with Crippen LogP contribution >= 0.6 is 0 Å². The van der Waals surface area contributed by atoms with Crippen LogP contribution in [0.3, 0.4) is 0 Å². The number of nitro benzene ring substituents is 1. The summed E-state index contributed by atoms with van der Waals surface area (Å²) in [4.78, 5) is 33.0. The number of carboxylic acids is 1. The summed E-state index contributed by atoms with van der Waals surface area (Å²) in [5, 5.41) is 33.5. The van der Waals surface area contributed by atoms with Gasteiger partial charge in [0.25, 0.3) is 5.69 Å². The second-order valence-electron chi connectivity index (χ2n) is 4.71. The molecule has 0 spiro atoms. The van der Waals surface area contributed by atoms with Gasteiger partial charge >= 0.3 is 5.97 Å². The van der Waals surface area contributed by atoms with Crippen molar-refractivity contribution in [3.63, 3.8) is 0 Å². The van der Waals surface area contributed by atoms with Gasteiger partial charge in [0.15, 0.2) is 0 Å². The highest BCUT2D eigenvalue weighted by atomic mass is 16.6. The third-order valence-corrected chi connectivity index (χ3v) is 2.92. The highest BCUT2D eigenvalue weighted by molar-refractivity contribution is 5.94. The molecule has 1 rings (SSSR count). The Balaban J connectivity index is 2.69. The number of carbonyl (C=O) groups excluding carboxylic acids is 1. The molecule has 23 heavy (non-hydrogen) atoms. The maximum atomic E-state index is 11.9. The molecular formula is C13H18N4O6. The molecule has 0 saturated heterocycles. The number of nitrogens with zero attached hydrogens (tertiary/aromatic N) is 1. The minimum atomic E-state index is -1.21. The van der Waals surface area contributed by atoms with Crippen LogP contribution in [0.2, 0.25) is 0 Å². The Labute approximate surface area is 131 Å². The molecule has 0 saturated carbocycles. The number of amides is 1. The molecule has 1 unspecified atom stereocenters. The van der Waals surface area contributed by atoms with Gasteiger partial charge in [-0.2, -0.15) is 0 Å². The molecule has 1 atom stereocenters. The van der Waals surface area contributed by atoms with E-state index < -0.39 is 22.8 Å². The molecule has 0 aromatic heterocycles. The summed E-state index contributed by atoms with van der Waals surface area (Å²) < 4.78 is 0. The van der Waals surface area contributed by atoms with Gasteiger partial charge in [0.05, 0.1) is 11.3 Å². The highest BCUT2D eigenvalue weighted by Crippen LogP contribution is 2.25. The summed E-state index contributed by atoms with van der Waals surface area (Å²) in [6.07, 6.45) is -0.00546. The van der Waals surface area contributed by atoms with E-state index in [1.165, 1.54) is 12.1 Å². The number of hydrogen-bond donors (Lipinski definition) is 5. The van der Waals surface area contributed by atoms with Crippen LogP contribution in [0.1, 0.15) is 12.8 Å². The summed E-state index contributed by atoms with van der Waals surface area (Å²) in [5.41, 5.74) is 5.21. The third kappa shape index (κ3) is 5.88. The maximum absolute atomic E-state index is 11.9. The number of aliphatic carboxylic acids is 1. The molecule has 0 heterocycles. The zero-order valence-electron chi connectivity index (χ0n) is 12.2. The smallest absolute Gasteiger partial charge is 0.321 e. The van der Waals surface area contributed by atoms with Crippen molar-refractivity contribution in [1.82, 2.24) is 5.32 Å². The van der Waals surface area contributed by atoms with Crippen LogP contribution in [0.25, 0.3) is 0 Å². The molecule has 6 N–H and O–H groups in total. The number of rotatable bonds is 9. The zero-order chi connectivity index (χ0) is 17.4. The SMILES string of the molecule is Nc1ccc(NC(=O)CC(NCCCO)C(=O)O)cc1[N+](=O)[O-]. The minimum absolute atomic E-state index is 0.0397. The second-order valence-corrected chi connectivity index (χ2v) is 4.71. The van der Waals surface area contributed by atoms with Crippen LogP contribution in [-0.4, -0.2) is 46.2 Å². The van der Waals surface area contributed by atoms with Gasteiger partial charge in [0.2, 0.25) is 5.91 Å². The number of carbonyl (C=O) groups is 2. The molecule has 0 aliphatic rings. The van der Waals surface area contributed by atoms with Crippen LogP contribution in [0.4, 0.5) is 17.1 Å². The van der Waals surface area contributed by atoms with E-state index in [1.807, 2.05) is 0 Å². The summed E-state index contributed by atoms with van der Waals surface area (Å²) in [5.74, 6) is -1.82. The Hall–Kier alpha value is -2.72. The molecule has 1 aromatic carbocycles. The van der Waals surface area contributed by atoms with Gasteiger partial charge < -0.3 is 26.6 Å². The summed E-state index contributed by atoms with van der Waals surface area (Å²) in [7, 11) is 0. The normalized spacial score (nSPS) is 11.7. The van der Waals surface area contributed by atoms with E-state index in [1.54, 1.807) is 0 Å². The number of nitro groups is 1. The van der Waals surface area contributed by atoms with E-state index >= 15 is 0 Å². The summed E-state index contributed by atoms with van der Waals surface area (Å²) >= 11 is 0. The predicted molar refractivity (Wildman–Crippen MR) is 81.9 cm³/mol. The van der Waals surface area contributed by atoms with Crippen molar-refractivity contribution in [2.75, 3.05) is 24.2 Å². The second kappa shape index (κ2) is 8.66. The van der Waals surface area contributed by atoms with Crippen molar-refractivity contribution in [3.05, 3.63) is 28.3 Å². The molecule has 126 valence electrons. The number of aliphatic hydroxyl groups excluding tert-OH is 1. The van der Waals surface area contributed by atoms with E-state index in [-0.39, 0.29) is 36.6 Å². The molecule has 10 heteroatoms. The van der Waals surface area contributed by atoms with Gasteiger partial charge in [-0.15, -0.1) is 0 Å². The van der Waals surface area contributed by atoms with E-state index in [0.29, 0.717) is 6.42 Å². The largest absolute Gasteiger partial charge is 0.480 e. The van der Waals surface area contributed by atoms with Crippen LogP contribution in [0.15, 0.2) is 18.2 Å². The number of nitrogens with one attached hydrogen (secondary N) is 2. The summed E-state index contributed by atoms with van der Waals surface area (Å²) in [6.45, 7) is 0.148. The number of hydrogen-bond acceptors (Lipinski definition) is 7. The first-order chi connectivity index (χ1) is 10.8. The predicted octanol–water partition coefficient (Wildman–Crippen LogP) is -0.0692. The van der Waals surface area contributed by atoms with Crippen LogP contribution in [0.5, 0.6) is 0 Å². The van der Waals surface area contributed by atoms with Gasteiger partial charge in [0, 0.05) is 18.4 Å². The fraction of sp³-hybridized carbons (Fsp3) is 0.385. The fourth-order valence-electron chi connectivity index (χ4n) is 1.78. The molecule has 0 aliphatic heterocycles. The molecule has 0 fully saturated rings. The Bertz CT molecular complexity index is 592. The lowest BCUT2D eigenvalue weighted by molar-refractivity contribution is -0.383. The summed E-state index contributed by atoms with van der Waals surface area (Å²) in [6, 6.07) is 2.64. The maximum Gasteiger partial charge on any atom is 0.321 e. The number of nitrogens with two attached hydrogens (primary N) is 1. The number of anilines is 2. The van der Waals surface area contributed by atoms with Crippen LogP contribution < -0.4 is 16.4 Å². The average Bonchev–Trinajstić information content (AvgIpc) is 2.48. The van der Waals surface area contributed by atoms with Gasteiger partial charge in [-0.3, -0.25) is 19.7 Å². The highest BCUT2D eigenvalue weighted by Gasteiger charge is 2.21. The van der Waals surface area contributed by atoms with Gasteiger partial charge in [-0.1, -0.05) is 0 Å². The van der Waals surface area contributed by atoms with Crippen LogP contribution in [-0.2, 0) is 9.59 Å². The Kier molecular flexibility index (Phi) is 6.90. The zero-order valence-corrected chi connectivity index (χ0v) is 12.2. The van der Waals surface area contributed by atoms with E-state index in [4.69, 9.17) is 15.9 Å². The first kappa shape index (κ1) is 18.3. The van der Waals surface area contributed by atoms with Gasteiger partial charge in [-0.25, -0.2) is 0 Å². The van der Waals surface area contributed by atoms with Crippen molar-refractivity contribution >= 4 is 28.9 Å². The van der Waals surface area contributed by atoms with Gasteiger partial charge in [0.1, 0.15) is 11.7 Å². The average molecular weight is 326 g/mol. The quantitative estimate of drug-likeness (QED) is 0.182. The lowest BCUT2D eigenvalue weighted by Gasteiger charge is -2.14. The van der Waals surface area contributed by atoms with Gasteiger partial charge in [-0.05, 0) is 25.1 Å². The topological polar surface area (TPSA) is 168 Å². The molecule has 1 aromatic rings. The first-order valence-corrected chi connectivity index (χ1v) is 6.76. The van der Waals surface area contributed by atoms with Crippen molar-refractivity contribution < 1.29 is 24.7 Å². The van der Waals surface area contributed by atoms with Crippen molar-refractivity contribution in [2.24, 2.45) is 0 Å². The fourth-order valence-corrected chi connectivity index (χ4v) is 1.78. The Morgan fingerprint density at radius 2 is 2.09 bits per heavy atom. The molecule has 0 aliphatic carbocycles. The number of benzene rings is 1. The Morgan fingerprint density at radius 1 is 1.39 bits per heavy atom. The number of carboxylic acid groups (broad SMARTS) is 1.